The average molecular weight is 515 g/mol. The summed E-state index contributed by atoms with van der Waals surface area (Å²) < 4.78 is 4.86. The Hall–Kier alpha value is -3.31. The van der Waals surface area contributed by atoms with Crippen LogP contribution in [0.4, 0.5) is 17.1 Å². The quantitative estimate of drug-likeness (QED) is 0.332. The smallest absolute Gasteiger partial charge is 0.339 e. The van der Waals surface area contributed by atoms with Gasteiger partial charge in [-0.25, -0.2) is 4.79 Å². The Kier molecular flexibility index (Phi) is 6.20. The number of hydrogen-bond donors (Lipinski definition) is 2. The Bertz CT molecular complexity index is 1320. The zero-order valence-electron chi connectivity index (χ0n) is 20.9. The molecule has 3 aromatic carbocycles. The van der Waals surface area contributed by atoms with Crippen molar-refractivity contribution in [2.75, 3.05) is 17.7 Å². The molecule has 1 amide bonds. The molecule has 37 heavy (non-hydrogen) atoms. The van der Waals surface area contributed by atoms with E-state index in [0.29, 0.717) is 27.5 Å². The maximum Gasteiger partial charge on any atom is 0.339 e. The Balaban J connectivity index is 1.14. The first-order valence-electron chi connectivity index (χ1n) is 13.1. The SMILES string of the molecule is COC(=O)c1ccccc1Nc1ccc(C(=O)Nc2ccc(C34CC5CC(CC(C5)C3)C4)cc2Cl)cc1. The molecular weight excluding hydrogens is 484 g/mol. The number of anilines is 3. The van der Waals surface area contributed by atoms with Gasteiger partial charge >= 0.3 is 5.97 Å². The van der Waals surface area contributed by atoms with Gasteiger partial charge in [0.25, 0.3) is 5.91 Å². The van der Waals surface area contributed by atoms with Gasteiger partial charge in [0.2, 0.25) is 0 Å². The summed E-state index contributed by atoms with van der Waals surface area (Å²) >= 11 is 6.71. The molecule has 4 aliphatic carbocycles. The van der Waals surface area contributed by atoms with Crippen molar-refractivity contribution in [2.45, 2.75) is 43.9 Å². The molecule has 3 aromatic rings. The van der Waals surface area contributed by atoms with Crippen LogP contribution in [0.25, 0.3) is 0 Å². The molecule has 2 N–H and O–H groups in total. The summed E-state index contributed by atoms with van der Waals surface area (Å²) in [6.45, 7) is 0. The summed E-state index contributed by atoms with van der Waals surface area (Å²) in [5.41, 5.74) is 4.61. The molecule has 0 unspecified atom stereocenters. The number of hydrogen-bond acceptors (Lipinski definition) is 4. The molecule has 4 fully saturated rings. The highest BCUT2D eigenvalue weighted by atomic mass is 35.5. The lowest BCUT2D eigenvalue weighted by molar-refractivity contribution is -0.00517. The van der Waals surface area contributed by atoms with E-state index in [0.717, 1.165) is 23.4 Å². The lowest BCUT2D eigenvalue weighted by atomic mass is 9.48. The molecule has 0 aliphatic heterocycles. The third kappa shape index (κ3) is 4.61. The predicted molar refractivity (Wildman–Crippen MR) is 147 cm³/mol. The average Bonchev–Trinajstić information content (AvgIpc) is 2.89. The van der Waals surface area contributed by atoms with Gasteiger partial charge in [-0.15, -0.1) is 0 Å². The molecule has 190 valence electrons. The van der Waals surface area contributed by atoms with Crippen molar-refractivity contribution in [3.8, 4) is 0 Å². The topological polar surface area (TPSA) is 67.4 Å². The fourth-order valence-corrected chi connectivity index (χ4v) is 7.57. The molecule has 0 spiro atoms. The normalized spacial score (nSPS) is 25.5. The molecule has 4 aliphatic rings. The van der Waals surface area contributed by atoms with Gasteiger partial charge in [-0.3, -0.25) is 4.79 Å². The third-order valence-corrected chi connectivity index (χ3v) is 8.94. The second-order valence-corrected chi connectivity index (χ2v) is 11.5. The summed E-state index contributed by atoms with van der Waals surface area (Å²) in [6, 6.07) is 20.5. The summed E-state index contributed by atoms with van der Waals surface area (Å²) in [6.07, 6.45) is 8.08. The van der Waals surface area contributed by atoms with Crippen molar-refractivity contribution in [1.82, 2.24) is 0 Å². The van der Waals surface area contributed by atoms with E-state index in [1.54, 1.807) is 36.4 Å². The molecule has 0 heterocycles. The zero-order valence-corrected chi connectivity index (χ0v) is 21.7. The van der Waals surface area contributed by atoms with Crippen LogP contribution < -0.4 is 10.6 Å². The zero-order chi connectivity index (χ0) is 25.6. The minimum absolute atomic E-state index is 0.217. The van der Waals surface area contributed by atoms with E-state index < -0.39 is 5.97 Å². The summed E-state index contributed by atoms with van der Waals surface area (Å²) in [7, 11) is 1.36. The predicted octanol–water partition coefficient (Wildman–Crippen LogP) is 7.59. The van der Waals surface area contributed by atoms with E-state index in [1.165, 1.54) is 51.2 Å². The number of nitrogens with one attached hydrogen (secondary N) is 2. The number of carbonyl (C=O) groups is 2. The van der Waals surface area contributed by atoms with E-state index in [9.17, 15) is 9.59 Å². The number of amides is 1. The van der Waals surface area contributed by atoms with Crippen molar-refractivity contribution in [2.24, 2.45) is 17.8 Å². The fourth-order valence-electron chi connectivity index (χ4n) is 7.35. The molecule has 4 saturated carbocycles. The highest BCUT2D eigenvalue weighted by Crippen LogP contribution is 2.61. The second-order valence-electron chi connectivity index (χ2n) is 11.1. The Labute approximate surface area is 222 Å². The summed E-state index contributed by atoms with van der Waals surface area (Å²) in [4.78, 5) is 25.0. The number of carbonyl (C=O) groups excluding carboxylic acids is 2. The number of methoxy groups -OCH3 is 1. The lowest BCUT2D eigenvalue weighted by Crippen LogP contribution is -2.48. The third-order valence-electron chi connectivity index (χ3n) is 8.63. The van der Waals surface area contributed by atoms with Crippen LogP contribution in [-0.4, -0.2) is 19.0 Å². The Morgan fingerprint density at radius 2 is 1.51 bits per heavy atom. The standard InChI is InChI=1S/C31H31ClN2O3/c1-37-30(36)25-4-2-3-5-27(25)33-24-9-6-22(7-10-24)29(35)34-28-11-8-23(15-26(28)32)31-16-19-12-20(17-31)14-21(13-19)18-31/h2-11,15,19-21,33H,12-14,16-18H2,1H3,(H,34,35). The van der Waals surface area contributed by atoms with Crippen LogP contribution in [0.1, 0.15) is 64.8 Å². The van der Waals surface area contributed by atoms with E-state index in [4.69, 9.17) is 16.3 Å². The molecule has 5 nitrogen and oxygen atoms in total. The van der Waals surface area contributed by atoms with Crippen LogP contribution in [0.5, 0.6) is 0 Å². The molecule has 6 heteroatoms. The van der Waals surface area contributed by atoms with Gasteiger partial charge in [-0.1, -0.05) is 29.8 Å². The van der Waals surface area contributed by atoms with Crippen LogP contribution in [-0.2, 0) is 10.2 Å². The Morgan fingerprint density at radius 1 is 0.865 bits per heavy atom. The minimum Gasteiger partial charge on any atom is -0.465 e. The van der Waals surface area contributed by atoms with Gasteiger partial charge in [0.1, 0.15) is 0 Å². The van der Waals surface area contributed by atoms with Gasteiger partial charge < -0.3 is 15.4 Å². The van der Waals surface area contributed by atoms with Gasteiger partial charge in [0.05, 0.1) is 29.1 Å². The van der Waals surface area contributed by atoms with Gasteiger partial charge in [0.15, 0.2) is 0 Å². The highest BCUT2D eigenvalue weighted by molar-refractivity contribution is 6.34. The first-order chi connectivity index (χ1) is 17.9. The molecule has 7 rings (SSSR count). The molecule has 0 atom stereocenters. The highest BCUT2D eigenvalue weighted by Gasteiger charge is 2.51. The monoisotopic (exact) mass is 514 g/mol. The van der Waals surface area contributed by atoms with Gasteiger partial charge in [0, 0.05) is 11.3 Å². The van der Waals surface area contributed by atoms with E-state index in [2.05, 4.69) is 22.8 Å². The van der Waals surface area contributed by atoms with E-state index in [-0.39, 0.29) is 11.3 Å². The van der Waals surface area contributed by atoms with Crippen LogP contribution in [0.2, 0.25) is 5.02 Å². The van der Waals surface area contributed by atoms with Crippen molar-refractivity contribution in [1.29, 1.82) is 0 Å². The fraction of sp³-hybridized carbons (Fsp3) is 0.355. The van der Waals surface area contributed by atoms with Crippen LogP contribution in [0, 0.1) is 17.8 Å². The first kappa shape index (κ1) is 24.1. The maximum absolute atomic E-state index is 13.0. The molecular formula is C31H31ClN2O3. The van der Waals surface area contributed by atoms with Crippen LogP contribution in [0.3, 0.4) is 0 Å². The lowest BCUT2D eigenvalue weighted by Gasteiger charge is -2.57. The van der Waals surface area contributed by atoms with Crippen molar-refractivity contribution < 1.29 is 14.3 Å². The van der Waals surface area contributed by atoms with E-state index >= 15 is 0 Å². The van der Waals surface area contributed by atoms with Crippen molar-refractivity contribution >= 4 is 40.5 Å². The van der Waals surface area contributed by atoms with Crippen molar-refractivity contribution in [3.63, 3.8) is 0 Å². The Morgan fingerprint density at radius 3 is 2.14 bits per heavy atom. The number of rotatable bonds is 6. The molecule has 0 saturated heterocycles. The van der Waals surface area contributed by atoms with Gasteiger partial charge in [-0.05, 0) is 116 Å². The van der Waals surface area contributed by atoms with E-state index in [1.807, 2.05) is 18.2 Å². The second kappa shape index (κ2) is 9.53. The van der Waals surface area contributed by atoms with Gasteiger partial charge in [-0.2, -0.15) is 0 Å². The summed E-state index contributed by atoms with van der Waals surface area (Å²) in [5.74, 6) is 1.98. The summed E-state index contributed by atoms with van der Waals surface area (Å²) in [5, 5.41) is 6.79. The number of para-hydroxylation sites is 1. The maximum atomic E-state index is 13.0. The molecule has 4 bridgehead atoms. The van der Waals surface area contributed by atoms with Crippen LogP contribution in [0.15, 0.2) is 66.7 Å². The largest absolute Gasteiger partial charge is 0.465 e. The number of benzene rings is 3. The number of ether oxygens (including phenoxy) is 1. The number of halogens is 1. The number of esters is 1. The first-order valence-corrected chi connectivity index (χ1v) is 13.5. The van der Waals surface area contributed by atoms with Crippen LogP contribution >= 0.6 is 11.6 Å². The van der Waals surface area contributed by atoms with Crippen molar-refractivity contribution in [3.05, 3.63) is 88.4 Å². The molecule has 0 radical (unpaired) electrons. The minimum atomic E-state index is -0.412. The molecule has 0 aromatic heterocycles.